The minimum atomic E-state index is -1.44. The zero-order valence-electron chi connectivity index (χ0n) is 25.2. The molecular weight excluding hydrogens is 502 g/mol. The van der Waals surface area contributed by atoms with Crippen LogP contribution in [0.25, 0.3) is 0 Å². The topological polar surface area (TPSA) is 123 Å². The predicted octanol–water partition coefficient (Wildman–Crippen LogP) is 1.31. The van der Waals surface area contributed by atoms with E-state index in [0.29, 0.717) is 38.9 Å². The molecule has 0 aromatic carbocycles. The van der Waals surface area contributed by atoms with Crippen LogP contribution >= 0.6 is 0 Å². The monoisotopic (exact) mass is 555 g/mol. The van der Waals surface area contributed by atoms with Gasteiger partial charge in [-0.1, -0.05) is 20.8 Å². The first-order valence-electron chi connectivity index (χ1n) is 14.7. The molecule has 2 bridgehead atoms. The maximum Gasteiger partial charge on any atom is 0.228 e. The van der Waals surface area contributed by atoms with Gasteiger partial charge >= 0.3 is 0 Å². The molecule has 4 aliphatic rings. The molecule has 4 fully saturated rings. The summed E-state index contributed by atoms with van der Waals surface area (Å²) in [4.78, 5) is 31.8. The summed E-state index contributed by atoms with van der Waals surface area (Å²) in [5, 5.41) is 34.5. The van der Waals surface area contributed by atoms with Crippen molar-refractivity contribution in [2.24, 2.45) is 23.7 Å². The summed E-state index contributed by atoms with van der Waals surface area (Å²) in [5.41, 5.74) is -1.44. The van der Waals surface area contributed by atoms with Crippen LogP contribution in [0.4, 0.5) is 0 Å². The second-order valence-corrected chi connectivity index (χ2v) is 13.2. The fraction of sp³-hybridized carbons (Fsp3) is 0.931. The number of aliphatic hydroxyl groups excluding tert-OH is 2. The first-order chi connectivity index (χ1) is 18.1. The van der Waals surface area contributed by atoms with Gasteiger partial charge in [-0.2, -0.15) is 0 Å². The molecule has 10 heteroatoms. The third-order valence-electron chi connectivity index (χ3n) is 9.25. The van der Waals surface area contributed by atoms with E-state index in [2.05, 4.69) is 0 Å². The molecule has 226 valence electrons. The van der Waals surface area contributed by atoms with Gasteiger partial charge in [0.15, 0.2) is 6.29 Å². The van der Waals surface area contributed by atoms with Crippen molar-refractivity contribution in [2.45, 2.75) is 109 Å². The molecule has 4 rings (SSSR count). The second-order valence-electron chi connectivity index (χ2n) is 13.2. The minimum absolute atomic E-state index is 0.0659. The number of carbonyl (C=O) groups excluding carboxylic acids is 2. The summed E-state index contributed by atoms with van der Waals surface area (Å²) in [6.07, 6.45) is -1.27. The Labute approximate surface area is 234 Å². The number of rotatable bonds is 3. The number of aliphatic hydroxyl groups is 3. The van der Waals surface area contributed by atoms with Crippen LogP contribution in [0.3, 0.4) is 0 Å². The maximum atomic E-state index is 13.4. The lowest BCUT2D eigenvalue weighted by Gasteiger charge is -2.47. The summed E-state index contributed by atoms with van der Waals surface area (Å²) in [6.45, 7) is 10.7. The Morgan fingerprint density at radius 3 is 2.26 bits per heavy atom. The molecule has 10 nitrogen and oxygen atoms in total. The number of hydrogen-bond donors (Lipinski definition) is 3. The van der Waals surface area contributed by atoms with E-state index in [1.807, 2.05) is 32.8 Å². The van der Waals surface area contributed by atoms with Gasteiger partial charge in [-0.3, -0.25) is 9.59 Å². The molecule has 2 amide bonds. The quantitative estimate of drug-likeness (QED) is 0.477. The third-order valence-corrected chi connectivity index (χ3v) is 9.25. The van der Waals surface area contributed by atoms with Crippen molar-refractivity contribution in [1.29, 1.82) is 0 Å². The van der Waals surface area contributed by atoms with E-state index in [4.69, 9.17) is 9.47 Å². The van der Waals surface area contributed by atoms with Crippen LogP contribution in [0.15, 0.2) is 0 Å². The average molecular weight is 556 g/mol. The molecule has 10 atom stereocenters. The standard InChI is InChI=1S/C29H53N3O7/c1-17-15-29(5,37)26(39-28-25(35)22(30(6)7)13-18(2)38-28)19(3)24(34)20(4)27(36)32-11-9-21(10-12-32)14-23(33)31(8)16-17/h17-22,24-26,28,34-35,37H,9-16H2,1-8H3/t17-,18-,19+,20-,22+,24+,25-,26-,28+,29-/m1/s1. The molecule has 4 aliphatic heterocycles. The Morgan fingerprint density at radius 2 is 1.67 bits per heavy atom. The largest absolute Gasteiger partial charge is 0.392 e. The minimum Gasteiger partial charge on any atom is -0.392 e. The highest BCUT2D eigenvalue weighted by molar-refractivity contribution is 5.79. The Balaban J connectivity index is 1.93. The first-order valence-corrected chi connectivity index (χ1v) is 14.7. The van der Waals surface area contributed by atoms with Gasteiger partial charge in [0.1, 0.15) is 6.10 Å². The van der Waals surface area contributed by atoms with Crippen LogP contribution in [-0.4, -0.2) is 125 Å². The van der Waals surface area contributed by atoms with E-state index in [0.717, 1.165) is 12.8 Å². The maximum absolute atomic E-state index is 13.4. The van der Waals surface area contributed by atoms with Crippen molar-refractivity contribution in [3.05, 3.63) is 0 Å². The Morgan fingerprint density at radius 1 is 1.05 bits per heavy atom. The number of piperidine rings is 1. The molecule has 0 unspecified atom stereocenters. The van der Waals surface area contributed by atoms with Gasteiger partial charge in [-0.05, 0) is 65.5 Å². The summed E-state index contributed by atoms with van der Waals surface area (Å²) in [6, 6.07) is -0.197. The van der Waals surface area contributed by atoms with Gasteiger partial charge in [-0.25, -0.2) is 0 Å². The molecular formula is C29H53N3O7. The van der Waals surface area contributed by atoms with E-state index in [1.165, 1.54) is 0 Å². The normalized spacial score (nSPS) is 43.8. The van der Waals surface area contributed by atoms with Crippen molar-refractivity contribution in [3.63, 3.8) is 0 Å². The Kier molecular flexibility index (Phi) is 10.8. The number of likely N-dealkylation sites (N-methyl/N-ethyl adjacent to an activating group) is 1. The first kappa shape index (κ1) is 32.2. The third kappa shape index (κ3) is 7.71. The highest BCUT2D eigenvalue weighted by Gasteiger charge is 2.48. The molecule has 0 aliphatic carbocycles. The molecule has 4 saturated heterocycles. The summed E-state index contributed by atoms with van der Waals surface area (Å²) in [5.74, 6) is -1.24. The zero-order chi connectivity index (χ0) is 29.2. The fourth-order valence-corrected chi connectivity index (χ4v) is 6.92. The predicted molar refractivity (Wildman–Crippen MR) is 148 cm³/mol. The number of fused-ring (bicyclic) bond motifs is 13. The lowest BCUT2D eigenvalue weighted by molar-refractivity contribution is -0.299. The van der Waals surface area contributed by atoms with Gasteiger partial charge < -0.3 is 39.5 Å². The van der Waals surface area contributed by atoms with Crippen LogP contribution in [-0.2, 0) is 19.1 Å². The average Bonchev–Trinajstić information content (AvgIpc) is 2.86. The van der Waals surface area contributed by atoms with Crippen molar-refractivity contribution >= 4 is 11.8 Å². The van der Waals surface area contributed by atoms with Crippen LogP contribution in [0.2, 0.25) is 0 Å². The second kappa shape index (κ2) is 13.1. The molecule has 0 saturated carbocycles. The molecule has 3 N–H and O–H groups in total. The van der Waals surface area contributed by atoms with E-state index in [-0.39, 0.29) is 35.8 Å². The van der Waals surface area contributed by atoms with E-state index in [9.17, 15) is 24.9 Å². The van der Waals surface area contributed by atoms with Gasteiger partial charge in [-0.15, -0.1) is 0 Å². The molecule has 0 spiro atoms. The molecule has 0 aromatic heterocycles. The van der Waals surface area contributed by atoms with Crippen LogP contribution in [0.5, 0.6) is 0 Å². The van der Waals surface area contributed by atoms with Gasteiger partial charge in [0.2, 0.25) is 11.8 Å². The summed E-state index contributed by atoms with van der Waals surface area (Å²) in [7, 11) is 5.59. The highest BCUT2D eigenvalue weighted by atomic mass is 16.7. The Bertz CT molecular complexity index is 832. The zero-order valence-corrected chi connectivity index (χ0v) is 25.2. The number of carbonyl (C=O) groups is 2. The van der Waals surface area contributed by atoms with E-state index in [1.54, 1.807) is 37.6 Å². The lowest BCUT2D eigenvalue weighted by atomic mass is 9.77. The van der Waals surface area contributed by atoms with Gasteiger partial charge in [0.25, 0.3) is 0 Å². The SMILES string of the molecule is C[C@H]1CN(C)C(=O)CC2CCN(CC2)C(=O)[C@H](C)[C@@H](O)[C@H](C)[C@@H](O[C@@H]2O[C@H](C)C[C@H](N(C)C)[C@H]2O)[C@](C)(O)C1. The van der Waals surface area contributed by atoms with Crippen LogP contribution < -0.4 is 0 Å². The number of nitrogens with zero attached hydrogens (tertiary/aromatic N) is 3. The van der Waals surface area contributed by atoms with E-state index < -0.39 is 42.0 Å². The summed E-state index contributed by atoms with van der Waals surface area (Å²) < 4.78 is 12.4. The molecule has 39 heavy (non-hydrogen) atoms. The smallest absolute Gasteiger partial charge is 0.228 e. The van der Waals surface area contributed by atoms with Crippen LogP contribution in [0, 0.1) is 23.7 Å². The molecule has 0 radical (unpaired) electrons. The van der Waals surface area contributed by atoms with Crippen molar-refractivity contribution in [3.8, 4) is 0 Å². The molecule has 4 heterocycles. The van der Waals surface area contributed by atoms with Crippen molar-refractivity contribution < 1.29 is 34.4 Å². The highest BCUT2D eigenvalue weighted by Crippen LogP contribution is 2.36. The van der Waals surface area contributed by atoms with Gasteiger partial charge in [0.05, 0.1) is 29.8 Å². The van der Waals surface area contributed by atoms with Crippen molar-refractivity contribution in [2.75, 3.05) is 40.8 Å². The fourth-order valence-electron chi connectivity index (χ4n) is 6.92. The number of hydrogen-bond acceptors (Lipinski definition) is 8. The molecule has 0 aromatic rings. The van der Waals surface area contributed by atoms with Crippen molar-refractivity contribution in [1.82, 2.24) is 14.7 Å². The Hall–Kier alpha value is -1.30. The van der Waals surface area contributed by atoms with Crippen LogP contribution in [0.1, 0.15) is 66.7 Å². The van der Waals surface area contributed by atoms with E-state index >= 15 is 0 Å². The number of ether oxygens (including phenoxy) is 2. The number of amides is 2. The van der Waals surface area contributed by atoms with Gasteiger partial charge in [0, 0.05) is 45.1 Å². The lowest BCUT2D eigenvalue weighted by Crippen LogP contribution is -2.59. The summed E-state index contributed by atoms with van der Waals surface area (Å²) >= 11 is 0.